The lowest BCUT2D eigenvalue weighted by atomic mass is 9.91. The second-order valence-electron chi connectivity index (χ2n) is 4.59. The molecule has 0 aromatic carbocycles. The van der Waals surface area contributed by atoms with Crippen LogP contribution in [0.3, 0.4) is 0 Å². The molecule has 88 valence electrons. The fourth-order valence-corrected chi connectivity index (χ4v) is 3.69. The average molecular weight is 231 g/mol. The smallest absolute Gasteiger partial charge is 0.0753 e. The minimum absolute atomic E-state index is 0.205. The fourth-order valence-electron chi connectivity index (χ4n) is 2.41. The topological polar surface area (TPSA) is 32.7 Å². The van der Waals surface area contributed by atoms with Gasteiger partial charge in [-0.05, 0) is 19.9 Å². The summed E-state index contributed by atoms with van der Waals surface area (Å²) in [5.74, 6) is 2.61. The van der Waals surface area contributed by atoms with E-state index in [9.17, 15) is 5.11 Å². The van der Waals surface area contributed by atoms with Crippen molar-refractivity contribution in [2.24, 2.45) is 5.92 Å². The average Bonchev–Trinajstić information content (AvgIpc) is 2.30. The van der Waals surface area contributed by atoms with Crippen LogP contribution in [0.5, 0.6) is 0 Å². The number of hydrogen-bond donors (Lipinski definition) is 1. The van der Waals surface area contributed by atoms with Crippen molar-refractivity contribution in [3.05, 3.63) is 0 Å². The van der Waals surface area contributed by atoms with Crippen molar-refractivity contribution in [3.63, 3.8) is 0 Å². The highest BCUT2D eigenvalue weighted by Gasteiger charge is 2.33. The maximum atomic E-state index is 10.3. The standard InChI is InChI=1S/C11H21NO2S/c1-12-4-6-15-8-10(12)11(13)9-3-2-5-14-7-9/h9-11,13H,2-8H2,1H3. The SMILES string of the molecule is CN1CCSCC1C(O)C1CCCOC1. The van der Waals surface area contributed by atoms with Gasteiger partial charge in [0.05, 0.1) is 12.7 Å². The van der Waals surface area contributed by atoms with E-state index in [1.54, 1.807) is 0 Å². The van der Waals surface area contributed by atoms with E-state index in [1.807, 2.05) is 11.8 Å². The van der Waals surface area contributed by atoms with Gasteiger partial charge in [-0.1, -0.05) is 0 Å². The molecule has 0 spiro atoms. The van der Waals surface area contributed by atoms with E-state index in [2.05, 4.69) is 11.9 Å². The van der Waals surface area contributed by atoms with E-state index in [1.165, 1.54) is 5.75 Å². The molecule has 2 rings (SSSR count). The molecule has 0 amide bonds. The summed E-state index contributed by atoms with van der Waals surface area (Å²) in [6.07, 6.45) is 2.02. The zero-order valence-electron chi connectivity index (χ0n) is 9.39. The Labute approximate surface area is 96.2 Å². The molecular weight excluding hydrogens is 210 g/mol. The number of ether oxygens (including phenoxy) is 1. The molecule has 0 bridgehead atoms. The highest BCUT2D eigenvalue weighted by molar-refractivity contribution is 7.99. The Morgan fingerprint density at radius 3 is 3.07 bits per heavy atom. The molecule has 3 unspecified atom stereocenters. The number of likely N-dealkylation sites (N-methyl/N-ethyl adjacent to an activating group) is 1. The lowest BCUT2D eigenvalue weighted by Gasteiger charge is -2.39. The molecule has 3 atom stereocenters. The molecule has 2 heterocycles. The Hall–Kier alpha value is 0.230. The van der Waals surface area contributed by atoms with Gasteiger partial charge in [0.1, 0.15) is 0 Å². The zero-order valence-corrected chi connectivity index (χ0v) is 10.2. The van der Waals surface area contributed by atoms with Crippen molar-refractivity contribution >= 4 is 11.8 Å². The number of rotatable bonds is 2. The van der Waals surface area contributed by atoms with Crippen LogP contribution in [-0.4, -0.2) is 60.5 Å². The Morgan fingerprint density at radius 1 is 1.53 bits per heavy atom. The molecular formula is C11H21NO2S. The summed E-state index contributed by atoms with van der Waals surface area (Å²) in [6, 6.07) is 0.329. The maximum absolute atomic E-state index is 10.3. The summed E-state index contributed by atoms with van der Waals surface area (Å²) < 4.78 is 5.44. The molecule has 2 fully saturated rings. The lowest BCUT2D eigenvalue weighted by molar-refractivity contribution is -0.0386. The number of aliphatic hydroxyl groups is 1. The van der Waals surface area contributed by atoms with Crippen molar-refractivity contribution in [2.45, 2.75) is 25.0 Å². The normalized spacial score (nSPS) is 36.4. The first-order valence-corrected chi connectivity index (χ1v) is 6.98. The highest BCUT2D eigenvalue weighted by atomic mass is 32.2. The van der Waals surface area contributed by atoms with Crippen molar-refractivity contribution in [2.75, 3.05) is 38.3 Å². The van der Waals surface area contributed by atoms with Crippen LogP contribution in [0.2, 0.25) is 0 Å². The second kappa shape index (κ2) is 5.53. The van der Waals surface area contributed by atoms with Crippen molar-refractivity contribution in [3.8, 4) is 0 Å². The third-order valence-corrected chi connectivity index (χ3v) is 4.56. The van der Waals surface area contributed by atoms with E-state index in [4.69, 9.17) is 4.74 Å². The van der Waals surface area contributed by atoms with Gasteiger partial charge >= 0.3 is 0 Å². The van der Waals surface area contributed by atoms with Gasteiger partial charge in [0.2, 0.25) is 0 Å². The summed E-state index contributed by atoms with van der Waals surface area (Å²) in [7, 11) is 2.12. The minimum Gasteiger partial charge on any atom is -0.391 e. The molecule has 0 aliphatic carbocycles. The van der Waals surface area contributed by atoms with E-state index >= 15 is 0 Å². The van der Waals surface area contributed by atoms with Crippen LogP contribution in [0.1, 0.15) is 12.8 Å². The molecule has 0 aromatic heterocycles. The highest BCUT2D eigenvalue weighted by Crippen LogP contribution is 2.25. The molecule has 15 heavy (non-hydrogen) atoms. The Balaban J connectivity index is 1.89. The van der Waals surface area contributed by atoms with Crippen LogP contribution in [0.25, 0.3) is 0 Å². The zero-order chi connectivity index (χ0) is 10.7. The van der Waals surface area contributed by atoms with Gasteiger partial charge in [-0.2, -0.15) is 11.8 Å². The Bertz CT molecular complexity index is 197. The van der Waals surface area contributed by atoms with E-state index in [-0.39, 0.29) is 6.10 Å². The molecule has 1 N–H and O–H groups in total. The monoisotopic (exact) mass is 231 g/mol. The van der Waals surface area contributed by atoms with Crippen LogP contribution < -0.4 is 0 Å². The number of nitrogens with zero attached hydrogens (tertiary/aromatic N) is 1. The van der Waals surface area contributed by atoms with Gasteiger partial charge in [0.25, 0.3) is 0 Å². The molecule has 3 nitrogen and oxygen atoms in total. The third kappa shape index (κ3) is 2.87. The maximum Gasteiger partial charge on any atom is 0.0753 e. The summed E-state index contributed by atoms with van der Waals surface area (Å²) in [5, 5.41) is 10.3. The number of thioether (sulfide) groups is 1. The van der Waals surface area contributed by atoms with Gasteiger partial charge in [-0.3, -0.25) is 4.90 Å². The van der Waals surface area contributed by atoms with Crippen LogP contribution >= 0.6 is 11.8 Å². The first-order chi connectivity index (χ1) is 7.29. The first-order valence-electron chi connectivity index (χ1n) is 5.83. The van der Waals surface area contributed by atoms with E-state index < -0.39 is 0 Å². The van der Waals surface area contributed by atoms with E-state index in [0.29, 0.717) is 12.0 Å². The van der Waals surface area contributed by atoms with Crippen LogP contribution in [0.4, 0.5) is 0 Å². The van der Waals surface area contributed by atoms with Gasteiger partial charge in [0, 0.05) is 36.6 Å². The third-order valence-electron chi connectivity index (χ3n) is 3.52. The fraction of sp³-hybridized carbons (Fsp3) is 1.00. The largest absolute Gasteiger partial charge is 0.391 e. The molecule has 2 aliphatic heterocycles. The molecule has 0 radical (unpaired) electrons. The second-order valence-corrected chi connectivity index (χ2v) is 5.74. The minimum atomic E-state index is -0.205. The summed E-state index contributed by atoms with van der Waals surface area (Å²) in [4.78, 5) is 2.30. The quantitative estimate of drug-likeness (QED) is 0.763. The summed E-state index contributed by atoms with van der Waals surface area (Å²) in [5.41, 5.74) is 0. The predicted molar refractivity (Wildman–Crippen MR) is 63.3 cm³/mol. The Morgan fingerprint density at radius 2 is 2.40 bits per heavy atom. The molecule has 0 aromatic rings. The Kier molecular flexibility index (Phi) is 4.31. The van der Waals surface area contributed by atoms with Crippen LogP contribution in [0.15, 0.2) is 0 Å². The first kappa shape index (κ1) is 11.7. The number of aliphatic hydroxyl groups excluding tert-OH is 1. The summed E-state index contributed by atoms with van der Waals surface area (Å²) in [6.45, 7) is 2.72. The van der Waals surface area contributed by atoms with Gasteiger partial charge in [0.15, 0.2) is 0 Å². The van der Waals surface area contributed by atoms with Gasteiger partial charge in [-0.25, -0.2) is 0 Å². The van der Waals surface area contributed by atoms with Crippen molar-refractivity contribution in [1.82, 2.24) is 4.90 Å². The van der Waals surface area contributed by atoms with Crippen molar-refractivity contribution in [1.29, 1.82) is 0 Å². The van der Waals surface area contributed by atoms with Crippen LogP contribution in [0, 0.1) is 5.92 Å². The lowest BCUT2D eigenvalue weighted by Crippen LogP contribution is -2.51. The summed E-state index contributed by atoms with van der Waals surface area (Å²) >= 11 is 1.96. The van der Waals surface area contributed by atoms with Crippen LogP contribution in [-0.2, 0) is 4.74 Å². The van der Waals surface area contributed by atoms with Gasteiger partial charge < -0.3 is 9.84 Å². The molecule has 2 saturated heterocycles. The molecule has 2 aliphatic rings. The molecule has 0 saturated carbocycles. The van der Waals surface area contributed by atoms with E-state index in [0.717, 1.165) is 38.4 Å². The number of hydrogen-bond acceptors (Lipinski definition) is 4. The van der Waals surface area contributed by atoms with Crippen molar-refractivity contribution < 1.29 is 9.84 Å². The van der Waals surface area contributed by atoms with Gasteiger partial charge in [-0.15, -0.1) is 0 Å². The predicted octanol–water partition coefficient (Wildman–Crippen LogP) is 0.821. The molecule has 4 heteroatoms.